The molecule has 2 heterocycles. The molecule has 0 unspecified atom stereocenters. The molecular formula is C26H25N2O7-. The maximum absolute atomic E-state index is 12.6. The fourth-order valence-corrected chi connectivity index (χ4v) is 4.18. The van der Waals surface area contributed by atoms with Crippen molar-refractivity contribution in [3.8, 4) is 11.5 Å². The van der Waals surface area contributed by atoms with E-state index < -0.39 is 30.2 Å². The molecule has 182 valence electrons. The number of hydrogen-bond donors (Lipinski definition) is 3. The highest BCUT2D eigenvalue weighted by Crippen LogP contribution is 2.30. The van der Waals surface area contributed by atoms with Crippen LogP contribution in [0.15, 0.2) is 51.8 Å². The van der Waals surface area contributed by atoms with Crippen molar-refractivity contribution in [3.63, 3.8) is 0 Å². The van der Waals surface area contributed by atoms with Gasteiger partial charge >= 0.3 is 5.63 Å². The summed E-state index contributed by atoms with van der Waals surface area (Å²) in [6.45, 7) is 3.35. The van der Waals surface area contributed by atoms with Crippen molar-refractivity contribution in [1.29, 1.82) is 0 Å². The number of benzene rings is 2. The summed E-state index contributed by atoms with van der Waals surface area (Å²) in [6.07, 6.45) is 3.01. The van der Waals surface area contributed by atoms with Crippen LogP contribution < -0.4 is 20.8 Å². The second-order valence-electron chi connectivity index (χ2n) is 8.45. The van der Waals surface area contributed by atoms with Gasteiger partial charge in [0.2, 0.25) is 0 Å². The number of aromatic hydroxyl groups is 1. The van der Waals surface area contributed by atoms with E-state index in [2.05, 4.69) is 10.3 Å². The number of aromatic nitrogens is 1. The minimum atomic E-state index is -1.44. The van der Waals surface area contributed by atoms with Gasteiger partial charge in [-0.2, -0.15) is 0 Å². The van der Waals surface area contributed by atoms with Crippen molar-refractivity contribution in [1.82, 2.24) is 10.3 Å². The van der Waals surface area contributed by atoms with E-state index in [9.17, 15) is 24.6 Å². The normalized spacial score (nSPS) is 12.1. The summed E-state index contributed by atoms with van der Waals surface area (Å²) in [5.41, 5.74) is 2.77. The molecule has 1 atom stereocenters. The molecule has 2 aromatic heterocycles. The third-order valence-corrected chi connectivity index (χ3v) is 5.71. The molecule has 9 heteroatoms. The number of aliphatic carboxylic acids is 1. The van der Waals surface area contributed by atoms with Crippen LogP contribution >= 0.6 is 0 Å². The number of hydrogen-bond acceptors (Lipinski definition) is 7. The second kappa shape index (κ2) is 9.92. The van der Waals surface area contributed by atoms with Gasteiger partial charge in [-0.15, -0.1) is 0 Å². The number of carbonyl (C=O) groups excluding carboxylic acids is 2. The Bertz CT molecular complexity index is 1470. The third-order valence-electron chi connectivity index (χ3n) is 5.71. The third kappa shape index (κ3) is 5.29. The first-order valence-corrected chi connectivity index (χ1v) is 11.2. The number of phenols is 1. The van der Waals surface area contributed by atoms with Crippen molar-refractivity contribution >= 4 is 33.7 Å². The molecule has 4 aromatic rings. The van der Waals surface area contributed by atoms with Gasteiger partial charge < -0.3 is 34.5 Å². The highest BCUT2D eigenvalue weighted by molar-refractivity contribution is 5.89. The molecule has 1 amide bonds. The lowest BCUT2D eigenvalue weighted by Crippen LogP contribution is -2.50. The van der Waals surface area contributed by atoms with Gasteiger partial charge in [-0.05, 0) is 60.4 Å². The Labute approximate surface area is 200 Å². The van der Waals surface area contributed by atoms with Gasteiger partial charge in [-0.1, -0.05) is 13.3 Å². The number of aromatic amines is 1. The molecular weight excluding hydrogens is 452 g/mol. The lowest BCUT2D eigenvalue weighted by Gasteiger charge is -2.20. The summed E-state index contributed by atoms with van der Waals surface area (Å²) >= 11 is 0. The largest absolute Gasteiger partial charge is 0.548 e. The van der Waals surface area contributed by atoms with Crippen LogP contribution in [-0.2, 0) is 22.4 Å². The Morgan fingerprint density at radius 1 is 1.20 bits per heavy atom. The van der Waals surface area contributed by atoms with Crippen LogP contribution in [-0.4, -0.2) is 34.6 Å². The van der Waals surface area contributed by atoms with Crippen LogP contribution in [0.5, 0.6) is 11.5 Å². The molecule has 0 spiro atoms. The summed E-state index contributed by atoms with van der Waals surface area (Å²) in [5.74, 6) is -1.67. The number of ether oxygens (including phenoxy) is 1. The lowest BCUT2D eigenvalue weighted by molar-refractivity contribution is -0.308. The molecule has 9 nitrogen and oxygen atoms in total. The lowest BCUT2D eigenvalue weighted by atomic mass is 10.0. The molecule has 0 aliphatic heterocycles. The number of fused-ring (bicyclic) bond motifs is 2. The number of nitrogens with one attached hydrogen (secondary N) is 2. The molecule has 0 aliphatic carbocycles. The molecule has 0 bridgehead atoms. The molecule has 0 radical (unpaired) electrons. The van der Waals surface area contributed by atoms with Crippen molar-refractivity contribution in [2.45, 2.75) is 39.2 Å². The second-order valence-corrected chi connectivity index (χ2v) is 8.45. The number of rotatable bonds is 9. The summed E-state index contributed by atoms with van der Waals surface area (Å²) < 4.78 is 11.1. The molecule has 0 fully saturated rings. The number of carboxylic acids is 1. The van der Waals surface area contributed by atoms with E-state index in [1.54, 1.807) is 24.4 Å². The van der Waals surface area contributed by atoms with Crippen molar-refractivity contribution < 1.29 is 29.0 Å². The average Bonchev–Trinajstić information content (AvgIpc) is 3.18. The van der Waals surface area contributed by atoms with Gasteiger partial charge in [0.25, 0.3) is 5.91 Å². The molecule has 0 saturated carbocycles. The highest BCUT2D eigenvalue weighted by Gasteiger charge is 2.18. The molecule has 35 heavy (non-hydrogen) atoms. The number of aryl methyl sites for hydroxylation is 2. The van der Waals surface area contributed by atoms with E-state index in [-0.39, 0.29) is 12.2 Å². The molecule has 0 saturated heterocycles. The van der Waals surface area contributed by atoms with Crippen LogP contribution in [0.3, 0.4) is 0 Å². The maximum atomic E-state index is 12.6. The van der Waals surface area contributed by atoms with E-state index in [1.165, 1.54) is 18.2 Å². The van der Waals surface area contributed by atoms with Gasteiger partial charge in [0, 0.05) is 29.6 Å². The number of carboxylic acid groups (broad SMARTS) is 1. The zero-order valence-electron chi connectivity index (χ0n) is 19.3. The van der Waals surface area contributed by atoms with Crippen LogP contribution in [0, 0.1) is 6.92 Å². The van der Waals surface area contributed by atoms with Crippen molar-refractivity contribution in [3.05, 3.63) is 69.7 Å². The van der Waals surface area contributed by atoms with Crippen molar-refractivity contribution in [2.75, 3.05) is 6.61 Å². The zero-order valence-corrected chi connectivity index (χ0v) is 19.3. The number of H-pyrrole nitrogens is 1. The Morgan fingerprint density at radius 3 is 2.74 bits per heavy atom. The standard InChI is InChI=1S/C26H26N2O7/c1-3-4-15-10-24(31)35-22-8-14(2)7-21(25(15)22)34-13-23(30)28-20(26(32)33)9-16-12-27-19-6-5-17(29)11-18(16)19/h5-8,10-12,20,27,29H,3-4,9,13H2,1-2H3,(H,28,30)(H,32,33)/p-1/t20-/m0/s1. The van der Waals surface area contributed by atoms with Gasteiger partial charge in [0.05, 0.1) is 17.4 Å². The summed E-state index contributed by atoms with van der Waals surface area (Å²) in [7, 11) is 0. The van der Waals surface area contributed by atoms with Crippen LogP contribution in [0.4, 0.5) is 0 Å². The Morgan fingerprint density at radius 2 is 2.00 bits per heavy atom. The topological polar surface area (TPSA) is 145 Å². The average molecular weight is 477 g/mol. The van der Waals surface area contributed by atoms with Crippen LogP contribution in [0.1, 0.15) is 30.0 Å². The summed E-state index contributed by atoms with van der Waals surface area (Å²) in [5, 5.41) is 25.2. The van der Waals surface area contributed by atoms with E-state index in [0.29, 0.717) is 34.1 Å². The van der Waals surface area contributed by atoms with Crippen LogP contribution in [0.25, 0.3) is 21.9 Å². The molecule has 2 aromatic carbocycles. The fraction of sp³-hybridized carbons (Fsp3) is 0.269. The Kier molecular flexibility index (Phi) is 6.77. The summed E-state index contributed by atoms with van der Waals surface area (Å²) in [6, 6.07) is 8.29. The number of phenolic OH excluding ortho intramolecular Hbond substituents is 1. The monoisotopic (exact) mass is 477 g/mol. The Hall–Kier alpha value is -4.27. The fourth-order valence-electron chi connectivity index (χ4n) is 4.18. The van der Waals surface area contributed by atoms with Gasteiger partial charge in [-0.3, -0.25) is 4.79 Å². The number of carbonyl (C=O) groups is 2. The number of amides is 1. The van der Waals surface area contributed by atoms with E-state index >= 15 is 0 Å². The zero-order chi connectivity index (χ0) is 25.1. The first-order valence-electron chi connectivity index (χ1n) is 11.2. The maximum Gasteiger partial charge on any atom is 0.336 e. The smallest absolute Gasteiger partial charge is 0.336 e. The van der Waals surface area contributed by atoms with E-state index in [4.69, 9.17) is 9.15 Å². The molecule has 4 rings (SSSR count). The highest BCUT2D eigenvalue weighted by atomic mass is 16.5. The van der Waals surface area contributed by atoms with E-state index in [1.807, 2.05) is 13.8 Å². The van der Waals surface area contributed by atoms with E-state index in [0.717, 1.165) is 23.1 Å². The predicted octanol–water partition coefficient (Wildman–Crippen LogP) is 2.10. The van der Waals surface area contributed by atoms with Gasteiger partial charge in [0.15, 0.2) is 6.61 Å². The van der Waals surface area contributed by atoms with Gasteiger partial charge in [-0.25, -0.2) is 4.79 Å². The Balaban J connectivity index is 1.52. The first kappa shape index (κ1) is 23.9. The molecule has 3 N–H and O–H groups in total. The van der Waals surface area contributed by atoms with Crippen molar-refractivity contribution in [2.24, 2.45) is 0 Å². The SMILES string of the molecule is CCCc1cc(=O)oc2cc(C)cc(OCC(=O)N[C@@H](Cc3c[nH]c4ccc(O)cc34)C(=O)[O-])c12. The van der Waals surface area contributed by atoms with Gasteiger partial charge in [0.1, 0.15) is 17.1 Å². The summed E-state index contributed by atoms with van der Waals surface area (Å²) in [4.78, 5) is 39.3. The quantitative estimate of drug-likeness (QED) is 0.313. The first-order chi connectivity index (χ1) is 16.7. The van der Waals surface area contributed by atoms with Crippen LogP contribution in [0.2, 0.25) is 0 Å². The molecule has 0 aliphatic rings. The predicted molar refractivity (Wildman–Crippen MR) is 127 cm³/mol. The minimum Gasteiger partial charge on any atom is -0.548 e. The minimum absolute atomic E-state index is 0.0449.